The largest absolute Gasteiger partial charge is 0.493 e. The number of hydrogen-bond donors (Lipinski definition) is 1. The molecule has 20 heavy (non-hydrogen) atoms. The average molecular weight is 303 g/mol. The van der Waals surface area contributed by atoms with Gasteiger partial charge >= 0.3 is 0 Å². The van der Waals surface area contributed by atoms with Crippen LogP contribution in [0.1, 0.15) is 6.92 Å². The molecular weight excluding hydrogens is 286 g/mol. The lowest BCUT2D eigenvalue weighted by molar-refractivity contribution is -0.128. The number of rotatable bonds is 6. The summed E-state index contributed by atoms with van der Waals surface area (Å²) >= 11 is 0. The van der Waals surface area contributed by atoms with E-state index in [4.69, 9.17) is 14.2 Å². The highest BCUT2D eigenvalue weighted by Crippen LogP contribution is 2.29. The highest BCUT2D eigenvalue weighted by atomic mass is 32.2. The van der Waals surface area contributed by atoms with Crippen LogP contribution in [0.4, 0.5) is 0 Å². The van der Waals surface area contributed by atoms with Crippen molar-refractivity contribution in [1.82, 2.24) is 4.72 Å². The van der Waals surface area contributed by atoms with E-state index in [9.17, 15) is 13.2 Å². The molecule has 7 nitrogen and oxygen atoms in total. The number of methoxy groups -OCH3 is 3. The number of carbonyl (C=O) groups excluding carboxylic acids is 1. The van der Waals surface area contributed by atoms with Gasteiger partial charge in [-0.1, -0.05) is 0 Å². The fourth-order valence-electron chi connectivity index (χ4n) is 1.37. The van der Waals surface area contributed by atoms with E-state index in [1.54, 1.807) is 0 Å². The zero-order valence-electron chi connectivity index (χ0n) is 11.7. The van der Waals surface area contributed by atoms with Crippen molar-refractivity contribution in [2.45, 2.75) is 17.9 Å². The molecular formula is C12H17NO6S. The number of carbonyl (C=O) groups is 1. The summed E-state index contributed by atoms with van der Waals surface area (Å²) in [6.07, 6.45) is -0.870. The monoisotopic (exact) mass is 303 g/mol. The van der Waals surface area contributed by atoms with E-state index >= 15 is 0 Å². The number of sulfonamides is 1. The molecule has 0 radical (unpaired) electrons. The molecule has 1 atom stereocenters. The van der Waals surface area contributed by atoms with Gasteiger partial charge in [-0.05, 0) is 19.1 Å². The van der Waals surface area contributed by atoms with Crippen LogP contribution in [0.3, 0.4) is 0 Å². The van der Waals surface area contributed by atoms with Crippen LogP contribution in [0.5, 0.6) is 11.5 Å². The second-order valence-electron chi connectivity index (χ2n) is 3.86. The van der Waals surface area contributed by atoms with E-state index in [1.165, 1.54) is 46.5 Å². The van der Waals surface area contributed by atoms with Crippen molar-refractivity contribution in [3.05, 3.63) is 18.2 Å². The van der Waals surface area contributed by atoms with Crippen LogP contribution in [-0.4, -0.2) is 41.8 Å². The Labute approximate surface area is 117 Å². The van der Waals surface area contributed by atoms with Gasteiger partial charge in [0.05, 0.1) is 19.1 Å². The van der Waals surface area contributed by atoms with E-state index in [1.807, 2.05) is 4.72 Å². The van der Waals surface area contributed by atoms with Gasteiger partial charge in [-0.3, -0.25) is 4.79 Å². The maximum absolute atomic E-state index is 12.0. The molecule has 0 heterocycles. The molecule has 1 unspecified atom stereocenters. The number of ether oxygens (including phenoxy) is 3. The van der Waals surface area contributed by atoms with Crippen LogP contribution in [0.15, 0.2) is 23.1 Å². The molecule has 0 aliphatic carbocycles. The van der Waals surface area contributed by atoms with E-state index in [0.717, 1.165) is 0 Å². The number of amides is 1. The van der Waals surface area contributed by atoms with Crippen LogP contribution in [-0.2, 0) is 19.6 Å². The Morgan fingerprint density at radius 2 is 1.75 bits per heavy atom. The minimum Gasteiger partial charge on any atom is -0.493 e. The summed E-state index contributed by atoms with van der Waals surface area (Å²) in [5, 5.41) is 0. The molecule has 0 aliphatic rings. The molecule has 112 valence electrons. The second-order valence-corrected chi connectivity index (χ2v) is 5.55. The van der Waals surface area contributed by atoms with Crippen molar-refractivity contribution in [2.24, 2.45) is 0 Å². The van der Waals surface area contributed by atoms with Crippen LogP contribution in [0, 0.1) is 0 Å². The molecule has 0 bridgehead atoms. The molecule has 1 aromatic rings. The molecule has 1 rings (SSSR count). The first-order valence-electron chi connectivity index (χ1n) is 5.67. The van der Waals surface area contributed by atoms with Crippen molar-refractivity contribution in [3.8, 4) is 11.5 Å². The quantitative estimate of drug-likeness (QED) is 0.825. The van der Waals surface area contributed by atoms with E-state index < -0.39 is 22.0 Å². The third kappa shape index (κ3) is 3.61. The summed E-state index contributed by atoms with van der Waals surface area (Å²) in [5.74, 6) is -0.104. The summed E-state index contributed by atoms with van der Waals surface area (Å²) in [6.45, 7) is 1.44. The second kappa shape index (κ2) is 6.58. The average Bonchev–Trinajstić information content (AvgIpc) is 2.44. The van der Waals surface area contributed by atoms with Gasteiger partial charge in [0, 0.05) is 13.2 Å². The van der Waals surface area contributed by atoms with Gasteiger partial charge in [0.2, 0.25) is 0 Å². The van der Waals surface area contributed by atoms with Gasteiger partial charge in [0.25, 0.3) is 15.9 Å². The molecule has 0 fully saturated rings. The molecule has 0 aliphatic heterocycles. The highest BCUT2D eigenvalue weighted by Gasteiger charge is 2.22. The Morgan fingerprint density at radius 1 is 1.15 bits per heavy atom. The minimum atomic E-state index is -3.99. The van der Waals surface area contributed by atoms with Crippen LogP contribution >= 0.6 is 0 Å². The summed E-state index contributed by atoms with van der Waals surface area (Å²) in [4.78, 5) is 11.5. The third-order valence-corrected chi connectivity index (χ3v) is 3.97. The lowest BCUT2D eigenvalue weighted by Crippen LogP contribution is -2.38. The van der Waals surface area contributed by atoms with E-state index in [-0.39, 0.29) is 10.6 Å². The molecule has 0 spiro atoms. The predicted octanol–water partition coefficient (Wildman–Crippen LogP) is 0.544. The fraction of sp³-hybridized carbons (Fsp3) is 0.417. The first-order valence-corrected chi connectivity index (χ1v) is 7.15. The Kier molecular flexibility index (Phi) is 5.34. The van der Waals surface area contributed by atoms with Crippen LogP contribution < -0.4 is 14.2 Å². The normalized spacial score (nSPS) is 12.6. The Balaban J connectivity index is 3.07. The molecule has 8 heteroatoms. The summed E-state index contributed by atoms with van der Waals surface area (Å²) < 4.78 is 40.8. The fourth-order valence-corrected chi connectivity index (χ4v) is 2.42. The first kappa shape index (κ1) is 16.3. The molecule has 1 N–H and O–H groups in total. The summed E-state index contributed by atoms with van der Waals surface area (Å²) in [6, 6.07) is 4.03. The van der Waals surface area contributed by atoms with Gasteiger partial charge in [0.1, 0.15) is 6.10 Å². The number of nitrogens with one attached hydrogen (secondary N) is 1. The van der Waals surface area contributed by atoms with Crippen LogP contribution in [0.2, 0.25) is 0 Å². The van der Waals surface area contributed by atoms with Crippen molar-refractivity contribution < 1.29 is 27.4 Å². The highest BCUT2D eigenvalue weighted by molar-refractivity contribution is 7.90. The van der Waals surface area contributed by atoms with Gasteiger partial charge in [-0.15, -0.1) is 0 Å². The first-order chi connectivity index (χ1) is 9.35. The maximum Gasteiger partial charge on any atom is 0.264 e. The lowest BCUT2D eigenvalue weighted by Gasteiger charge is -2.13. The minimum absolute atomic E-state index is 0.105. The topological polar surface area (TPSA) is 90.9 Å². The Hall–Kier alpha value is -1.80. The van der Waals surface area contributed by atoms with E-state index in [0.29, 0.717) is 5.75 Å². The Morgan fingerprint density at radius 3 is 2.25 bits per heavy atom. The van der Waals surface area contributed by atoms with Gasteiger partial charge < -0.3 is 14.2 Å². The van der Waals surface area contributed by atoms with Crippen molar-refractivity contribution in [2.75, 3.05) is 21.3 Å². The predicted molar refractivity (Wildman–Crippen MR) is 71.3 cm³/mol. The van der Waals surface area contributed by atoms with Crippen molar-refractivity contribution in [1.29, 1.82) is 0 Å². The van der Waals surface area contributed by atoms with Gasteiger partial charge in [-0.25, -0.2) is 13.1 Å². The molecule has 1 amide bonds. The number of hydrogen-bond acceptors (Lipinski definition) is 6. The standard InChI is InChI=1S/C12H17NO6S/c1-8(17-2)12(14)13-20(15,16)9-5-6-10(18-3)11(7-9)19-4/h5-8H,1-4H3,(H,13,14). The zero-order chi connectivity index (χ0) is 15.3. The summed E-state index contributed by atoms with van der Waals surface area (Å²) in [7, 11) is 0.153. The SMILES string of the molecule is COc1ccc(S(=O)(=O)NC(=O)C(C)OC)cc1OC. The smallest absolute Gasteiger partial charge is 0.264 e. The maximum atomic E-state index is 12.0. The third-order valence-electron chi connectivity index (χ3n) is 2.62. The molecule has 0 aromatic heterocycles. The molecule has 0 saturated carbocycles. The van der Waals surface area contributed by atoms with Gasteiger partial charge in [-0.2, -0.15) is 0 Å². The van der Waals surface area contributed by atoms with Crippen molar-refractivity contribution in [3.63, 3.8) is 0 Å². The number of benzene rings is 1. The van der Waals surface area contributed by atoms with Gasteiger partial charge in [0.15, 0.2) is 11.5 Å². The lowest BCUT2D eigenvalue weighted by atomic mass is 10.3. The van der Waals surface area contributed by atoms with Crippen molar-refractivity contribution >= 4 is 15.9 Å². The molecule has 1 aromatic carbocycles. The van der Waals surface area contributed by atoms with E-state index in [2.05, 4.69) is 0 Å². The Bertz CT molecular complexity index is 584. The summed E-state index contributed by atoms with van der Waals surface area (Å²) in [5.41, 5.74) is 0. The van der Waals surface area contributed by atoms with Crippen LogP contribution in [0.25, 0.3) is 0 Å². The molecule has 0 saturated heterocycles. The zero-order valence-corrected chi connectivity index (χ0v) is 12.5.